The third-order valence-corrected chi connectivity index (χ3v) is 4.70. The van der Waals surface area contributed by atoms with Crippen LogP contribution in [0.5, 0.6) is 0 Å². The van der Waals surface area contributed by atoms with Crippen LogP contribution in [0.3, 0.4) is 0 Å². The van der Waals surface area contributed by atoms with Crippen LogP contribution in [-0.4, -0.2) is 23.3 Å². The molecule has 2 amide bonds. The quantitative estimate of drug-likeness (QED) is 0.753. The van der Waals surface area contributed by atoms with E-state index in [1.807, 2.05) is 47.4 Å². The summed E-state index contributed by atoms with van der Waals surface area (Å²) in [5.41, 5.74) is 9.78. The molecule has 1 saturated heterocycles. The average Bonchev–Trinajstić information content (AvgIpc) is 3.04. The Kier molecular flexibility index (Phi) is 5.89. The van der Waals surface area contributed by atoms with Gasteiger partial charge in [-0.3, -0.25) is 9.59 Å². The number of benzene rings is 2. The van der Waals surface area contributed by atoms with Crippen molar-refractivity contribution in [2.75, 3.05) is 12.3 Å². The van der Waals surface area contributed by atoms with Gasteiger partial charge in [0.1, 0.15) is 0 Å². The van der Waals surface area contributed by atoms with Crippen LogP contribution in [0.15, 0.2) is 48.5 Å². The SMILES string of the molecule is Nc1ccccc1CCC(=O)NCc1cccc(CN2CCCC2=O)c1. The van der Waals surface area contributed by atoms with Crippen molar-refractivity contribution in [1.29, 1.82) is 0 Å². The number of carbonyl (C=O) groups is 2. The van der Waals surface area contributed by atoms with Gasteiger partial charge in [-0.25, -0.2) is 0 Å². The molecule has 1 aliphatic heterocycles. The summed E-state index contributed by atoms with van der Waals surface area (Å²) in [6.45, 7) is 1.97. The van der Waals surface area contributed by atoms with Crippen LogP contribution >= 0.6 is 0 Å². The Labute approximate surface area is 154 Å². The molecular weight excluding hydrogens is 326 g/mol. The van der Waals surface area contributed by atoms with Crippen molar-refractivity contribution in [2.24, 2.45) is 0 Å². The van der Waals surface area contributed by atoms with Crippen molar-refractivity contribution in [2.45, 2.75) is 38.8 Å². The Hall–Kier alpha value is -2.82. The predicted octanol–water partition coefficient (Wildman–Crippen LogP) is 2.64. The van der Waals surface area contributed by atoms with Crippen LogP contribution in [0.4, 0.5) is 5.69 Å². The maximum absolute atomic E-state index is 12.1. The first-order chi connectivity index (χ1) is 12.6. The van der Waals surface area contributed by atoms with Gasteiger partial charge < -0.3 is 16.0 Å². The Balaban J connectivity index is 1.48. The number of nitrogen functional groups attached to an aromatic ring is 1. The van der Waals surface area contributed by atoms with Crippen molar-refractivity contribution in [3.63, 3.8) is 0 Å². The molecule has 0 aliphatic carbocycles. The van der Waals surface area contributed by atoms with Gasteiger partial charge in [0.15, 0.2) is 0 Å². The lowest BCUT2D eigenvalue weighted by atomic mass is 10.1. The molecule has 3 N–H and O–H groups in total. The van der Waals surface area contributed by atoms with E-state index < -0.39 is 0 Å². The number of anilines is 1. The van der Waals surface area contributed by atoms with E-state index in [9.17, 15) is 9.59 Å². The normalized spacial score (nSPS) is 13.8. The molecule has 0 unspecified atom stereocenters. The maximum atomic E-state index is 12.1. The van der Waals surface area contributed by atoms with Gasteiger partial charge >= 0.3 is 0 Å². The summed E-state index contributed by atoms with van der Waals surface area (Å²) in [6.07, 6.45) is 2.65. The molecule has 2 aromatic carbocycles. The Morgan fingerprint density at radius 1 is 1.12 bits per heavy atom. The van der Waals surface area contributed by atoms with E-state index >= 15 is 0 Å². The van der Waals surface area contributed by atoms with Gasteiger partial charge in [0.25, 0.3) is 0 Å². The second kappa shape index (κ2) is 8.52. The summed E-state index contributed by atoms with van der Waals surface area (Å²) in [6, 6.07) is 15.7. The molecule has 2 aromatic rings. The van der Waals surface area contributed by atoms with Crippen LogP contribution < -0.4 is 11.1 Å². The van der Waals surface area contributed by atoms with Crippen LogP contribution in [0.25, 0.3) is 0 Å². The van der Waals surface area contributed by atoms with Gasteiger partial charge in [-0.15, -0.1) is 0 Å². The fourth-order valence-corrected chi connectivity index (χ4v) is 3.23. The summed E-state index contributed by atoms with van der Waals surface area (Å²) in [4.78, 5) is 25.7. The smallest absolute Gasteiger partial charge is 0.222 e. The maximum Gasteiger partial charge on any atom is 0.222 e. The van der Waals surface area contributed by atoms with Gasteiger partial charge in [0, 0.05) is 38.2 Å². The number of carbonyl (C=O) groups excluding carboxylic acids is 2. The van der Waals surface area contributed by atoms with E-state index in [1.165, 1.54) is 0 Å². The zero-order valence-electron chi connectivity index (χ0n) is 14.9. The number of nitrogens with two attached hydrogens (primary N) is 1. The Morgan fingerprint density at radius 2 is 1.92 bits per heavy atom. The molecule has 0 aromatic heterocycles. The number of hydrogen-bond acceptors (Lipinski definition) is 3. The van der Waals surface area contributed by atoms with E-state index in [0.29, 0.717) is 32.4 Å². The Morgan fingerprint density at radius 3 is 2.69 bits per heavy atom. The fraction of sp³-hybridized carbons (Fsp3) is 0.333. The minimum atomic E-state index is 0.00776. The highest BCUT2D eigenvalue weighted by Gasteiger charge is 2.19. The number of nitrogens with zero attached hydrogens (tertiary/aromatic N) is 1. The van der Waals surface area contributed by atoms with Crippen LogP contribution in [0.1, 0.15) is 36.0 Å². The van der Waals surface area contributed by atoms with E-state index in [0.717, 1.165) is 35.3 Å². The lowest BCUT2D eigenvalue weighted by Gasteiger charge is -2.16. The highest BCUT2D eigenvalue weighted by Crippen LogP contribution is 2.15. The van der Waals surface area contributed by atoms with Crippen molar-refractivity contribution < 1.29 is 9.59 Å². The highest BCUT2D eigenvalue weighted by atomic mass is 16.2. The summed E-state index contributed by atoms with van der Waals surface area (Å²) in [7, 11) is 0. The zero-order chi connectivity index (χ0) is 18.4. The van der Waals surface area contributed by atoms with Crippen molar-refractivity contribution in [1.82, 2.24) is 10.2 Å². The summed E-state index contributed by atoms with van der Waals surface area (Å²) < 4.78 is 0. The topological polar surface area (TPSA) is 75.4 Å². The van der Waals surface area contributed by atoms with Crippen molar-refractivity contribution in [3.8, 4) is 0 Å². The standard InChI is InChI=1S/C21H25N3O2/c22-19-8-2-1-7-18(19)10-11-20(25)23-14-16-5-3-6-17(13-16)15-24-12-4-9-21(24)26/h1-3,5-8,13H,4,9-12,14-15,22H2,(H,23,25). The summed E-state index contributed by atoms with van der Waals surface area (Å²) in [5.74, 6) is 0.234. The van der Waals surface area contributed by atoms with Gasteiger partial charge in [-0.2, -0.15) is 0 Å². The second-order valence-corrected chi connectivity index (χ2v) is 6.71. The molecule has 3 rings (SSSR count). The molecule has 1 fully saturated rings. The summed E-state index contributed by atoms with van der Waals surface area (Å²) in [5, 5.41) is 2.96. The molecule has 5 nitrogen and oxygen atoms in total. The number of aryl methyl sites for hydroxylation is 1. The van der Waals surface area contributed by atoms with Crippen molar-refractivity contribution >= 4 is 17.5 Å². The summed E-state index contributed by atoms with van der Waals surface area (Å²) >= 11 is 0. The van der Waals surface area contributed by atoms with E-state index in [-0.39, 0.29) is 11.8 Å². The molecule has 26 heavy (non-hydrogen) atoms. The first kappa shape index (κ1) is 18.0. The third kappa shape index (κ3) is 4.85. The minimum Gasteiger partial charge on any atom is -0.399 e. The van der Waals surface area contributed by atoms with Crippen LogP contribution in [0, 0.1) is 0 Å². The molecule has 1 heterocycles. The average molecular weight is 351 g/mol. The van der Waals surface area contributed by atoms with Crippen molar-refractivity contribution in [3.05, 3.63) is 65.2 Å². The number of para-hydroxylation sites is 1. The van der Waals surface area contributed by atoms with Gasteiger partial charge in [0.05, 0.1) is 0 Å². The van der Waals surface area contributed by atoms with E-state index in [1.54, 1.807) is 0 Å². The van der Waals surface area contributed by atoms with E-state index in [2.05, 4.69) is 11.4 Å². The first-order valence-corrected chi connectivity index (χ1v) is 9.07. The first-order valence-electron chi connectivity index (χ1n) is 9.07. The predicted molar refractivity (Wildman–Crippen MR) is 102 cm³/mol. The van der Waals surface area contributed by atoms with Crippen LogP contribution in [0.2, 0.25) is 0 Å². The third-order valence-electron chi connectivity index (χ3n) is 4.70. The molecule has 5 heteroatoms. The molecule has 136 valence electrons. The Bertz CT molecular complexity index is 788. The zero-order valence-corrected chi connectivity index (χ0v) is 14.9. The second-order valence-electron chi connectivity index (χ2n) is 6.71. The molecule has 0 saturated carbocycles. The monoisotopic (exact) mass is 351 g/mol. The number of rotatable bonds is 7. The highest BCUT2D eigenvalue weighted by molar-refractivity contribution is 5.78. The van der Waals surface area contributed by atoms with Gasteiger partial charge in [-0.1, -0.05) is 42.5 Å². The molecular formula is C21H25N3O2. The number of likely N-dealkylation sites (tertiary alicyclic amines) is 1. The van der Waals surface area contributed by atoms with E-state index in [4.69, 9.17) is 5.73 Å². The lowest BCUT2D eigenvalue weighted by Crippen LogP contribution is -2.24. The lowest BCUT2D eigenvalue weighted by molar-refractivity contribution is -0.128. The molecule has 0 spiro atoms. The number of amides is 2. The number of hydrogen-bond donors (Lipinski definition) is 2. The molecule has 0 radical (unpaired) electrons. The van der Waals surface area contributed by atoms with Gasteiger partial charge in [-0.05, 0) is 35.6 Å². The minimum absolute atomic E-state index is 0.00776. The van der Waals surface area contributed by atoms with Crippen LogP contribution in [-0.2, 0) is 29.1 Å². The largest absolute Gasteiger partial charge is 0.399 e. The molecule has 0 atom stereocenters. The number of nitrogens with one attached hydrogen (secondary N) is 1. The molecule has 0 bridgehead atoms. The fourth-order valence-electron chi connectivity index (χ4n) is 3.23. The van der Waals surface area contributed by atoms with Gasteiger partial charge in [0.2, 0.25) is 11.8 Å². The molecule has 1 aliphatic rings.